The first-order valence-electron chi connectivity index (χ1n) is 5.38. The highest BCUT2D eigenvalue weighted by Crippen LogP contribution is 2.29. The molecule has 0 fully saturated rings. The molecule has 2 aromatic carbocycles. The fourth-order valence-electron chi connectivity index (χ4n) is 1.77. The first-order valence-corrected chi connectivity index (χ1v) is 6.18. The quantitative estimate of drug-likeness (QED) is 0.884. The van der Waals surface area contributed by atoms with Crippen LogP contribution in [0.15, 0.2) is 40.9 Å². The molecule has 2 aromatic rings. The SMILES string of the molecule is Cc1cccc(C(O)c2cc(Br)ccc2F)c1F. The highest BCUT2D eigenvalue weighted by molar-refractivity contribution is 9.10. The number of aryl methyl sites for hydroxylation is 1. The van der Waals surface area contributed by atoms with Gasteiger partial charge in [0.15, 0.2) is 0 Å². The number of benzene rings is 2. The van der Waals surface area contributed by atoms with Gasteiger partial charge < -0.3 is 5.11 Å². The van der Waals surface area contributed by atoms with Crippen molar-refractivity contribution in [3.05, 3.63) is 69.2 Å². The van der Waals surface area contributed by atoms with Gasteiger partial charge in [0.2, 0.25) is 0 Å². The number of halogens is 3. The van der Waals surface area contributed by atoms with Crippen molar-refractivity contribution in [2.45, 2.75) is 13.0 Å². The van der Waals surface area contributed by atoms with Crippen molar-refractivity contribution in [1.29, 1.82) is 0 Å². The zero-order valence-corrected chi connectivity index (χ0v) is 11.2. The fourth-order valence-corrected chi connectivity index (χ4v) is 2.15. The third-order valence-electron chi connectivity index (χ3n) is 2.77. The maximum Gasteiger partial charge on any atom is 0.132 e. The van der Waals surface area contributed by atoms with Gasteiger partial charge in [0, 0.05) is 15.6 Å². The van der Waals surface area contributed by atoms with Crippen molar-refractivity contribution >= 4 is 15.9 Å². The predicted octanol–water partition coefficient (Wildman–Crippen LogP) is 4.12. The minimum absolute atomic E-state index is 0.0499. The molecule has 0 amide bonds. The Balaban J connectivity index is 2.51. The predicted molar refractivity (Wildman–Crippen MR) is 69.3 cm³/mol. The Bertz CT molecular complexity index is 582. The second-order valence-electron chi connectivity index (χ2n) is 4.05. The van der Waals surface area contributed by atoms with E-state index in [0.717, 1.165) is 0 Å². The van der Waals surface area contributed by atoms with Crippen molar-refractivity contribution < 1.29 is 13.9 Å². The molecule has 1 nitrogen and oxygen atoms in total. The lowest BCUT2D eigenvalue weighted by atomic mass is 9.99. The van der Waals surface area contributed by atoms with Crippen LogP contribution in [0.1, 0.15) is 22.8 Å². The van der Waals surface area contributed by atoms with Crippen LogP contribution in [-0.4, -0.2) is 5.11 Å². The Kier molecular flexibility index (Phi) is 3.78. The highest BCUT2D eigenvalue weighted by atomic mass is 79.9. The van der Waals surface area contributed by atoms with Crippen LogP contribution in [-0.2, 0) is 0 Å². The molecule has 4 heteroatoms. The van der Waals surface area contributed by atoms with Crippen molar-refractivity contribution in [3.8, 4) is 0 Å². The summed E-state index contributed by atoms with van der Waals surface area (Å²) in [4.78, 5) is 0. The molecule has 0 spiro atoms. The number of rotatable bonds is 2. The molecule has 1 N–H and O–H groups in total. The molecular weight excluding hydrogens is 302 g/mol. The van der Waals surface area contributed by atoms with Gasteiger partial charge >= 0.3 is 0 Å². The third-order valence-corrected chi connectivity index (χ3v) is 3.26. The lowest BCUT2D eigenvalue weighted by molar-refractivity contribution is 0.209. The summed E-state index contributed by atoms with van der Waals surface area (Å²) in [5, 5.41) is 10.1. The van der Waals surface area contributed by atoms with E-state index >= 15 is 0 Å². The van der Waals surface area contributed by atoms with Crippen LogP contribution in [0, 0.1) is 18.6 Å². The van der Waals surface area contributed by atoms with E-state index in [0.29, 0.717) is 10.0 Å². The fraction of sp³-hybridized carbons (Fsp3) is 0.143. The van der Waals surface area contributed by atoms with E-state index < -0.39 is 17.7 Å². The molecule has 0 radical (unpaired) electrons. The lowest BCUT2D eigenvalue weighted by Crippen LogP contribution is -2.06. The van der Waals surface area contributed by atoms with Gasteiger partial charge in [0.1, 0.15) is 17.7 Å². The summed E-state index contributed by atoms with van der Waals surface area (Å²) in [7, 11) is 0. The van der Waals surface area contributed by atoms with Crippen LogP contribution in [0.25, 0.3) is 0 Å². The van der Waals surface area contributed by atoms with E-state index in [1.807, 2.05) is 0 Å². The first kappa shape index (κ1) is 13.2. The van der Waals surface area contributed by atoms with Gasteiger partial charge in [-0.1, -0.05) is 34.1 Å². The zero-order valence-electron chi connectivity index (χ0n) is 9.62. The van der Waals surface area contributed by atoms with Gasteiger partial charge in [-0.2, -0.15) is 0 Å². The molecule has 0 bridgehead atoms. The van der Waals surface area contributed by atoms with Gasteiger partial charge in [0.05, 0.1) is 0 Å². The molecule has 1 atom stereocenters. The summed E-state index contributed by atoms with van der Waals surface area (Å²) in [6, 6.07) is 8.89. The molecule has 18 heavy (non-hydrogen) atoms. The molecule has 0 heterocycles. The summed E-state index contributed by atoms with van der Waals surface area (Å²) < 4.78 is 28.1. The number of hydrogen-bond acceptors (Lipinski definition) is 1. The molecule has 0 aliphatic carbocycles. The van der Waals surface area contributed by atoms with Crippen LogP contribution < -0.4 is 0 Å². The molecule has 0 aromatic heterocycles. The Morgan fingerprint density at radius 1 is 1.11 bits per heavy atom. The standard InChI is InChI=1S/C14H11BrF2O/c1-8-3-2-4-10(13(8)17)14(18)11-7-9(15)5-6-12(11)16/h2-7,14,18H,1H3. The van der Waals surface area contributed by atoms with Crippen molar-refractivity contribution in [1.82, 2.24) is 0 Å². The van der Waals surface area contributed by atoms with Crippen LogP contribution in [0.3, 0.4) is 0 Å². The minimum atomic E-state index is -1.32. The lowest BCUT2D eigenvalue weighted by Gasteiger charge is -2.14. The van der Waals surface area contributed by atoms with Gasteiger partial charge in [-0.3, -0.25) is 0 Å². The molecule has 0 aliphatic heterocycles. The van der Waals surface area contributed by atoms with Crippen LogP contribution in [0.5, 0.6) is 0 Å². The van der Waals surface area contributed by atoms with Crippen LogP contribution >= 0.6 is 15.9 Å². The number of aliphatic hydroxyl groups is 1. The molecule has 1 unspecified atom stereocenters. The van der Waals surface area contributed by atoms with E-state index in [9.17, 15) is 13.9 Å². The second kappa shape index (κ2) is 5.16. The normalized spacial score (nSPS) is 12.5. The monoisotopic (exact) mass is 312 g/mol. The topological polar surface area (TPSA) is 20.2 Å². The maximum atomic E-state index is 13.9. The summed E-state index contributed by atoms with van der Waals surface area (Å²) in [6.07, 6.45) is -1.32. The van der Waals surface area contributed by atoms with E-state index in [1.165, 1.54) is 24.3 Å². The van der Waals surface area contributed by atoms with Gasteiger partial charge in [-0.05, 0) is 30.7 Å². The molecule has 2 rings (SSSR count). The van der Waals surface area contributed by atoms with Crippen molar-refractivity contribution in [2.75, 3.05) is 0 Å². The highest BCUT2D eigenvalue weighted by Gasteiger charge is 2.19. The third kappa shape index (κ3) is 2.44. The van der Waals surface area contributed by atoms with E-state index in [4.69, 9.17) is 0 Å². The Morgan fingerprint density at radius 2 is 1.83 bits per heavy atom. The van der Waals surface area contributed by atoms with Crippen LogP contribution in [0.4, 0.5) is 8.78 Å². The van der Waals surface area contributed by atoms with Crippen molar-refractivity contribution in [2.24, 2.45) is 0 Å². The molecule has 0 saturated carbocycles. The summed E-state index contributed by atoms with van der Waals surface area (Å²) in [5.41, 5.74) is 0.544. The first-order chi connectivity index (χ1) is 8.50. The van der Waals surface area contributed by atoms with E-state index in [1.54, 1.807) is 19.1 Å². The Hall–Kier alpha value is -1.26. The van der Waals surface area contributed by atoms with E-state index in [-0.39, 0.29) is 11.1 Å². The molecule has 0 saturated heterocycles. The Morgan fingerprint density at radius 3 is 2.56 bits per heavy atom. The molecule has 94 valence electrons. The van der Waals surface area contributed by atoms with Gasteiger partial charge in [-0.25, -0.2) is 8.78 Å². The van der Waals surface area contributed by atoms with E-state index in [2.05, 4.69) is 15.9 Å². The number of hydrogen-bond donors (Lipinski definition) is 1. The smallest absolute Gasteiger partial charge is 0.132 e. The zero-order chi connectivity index (χ0) is 13.3. The van der Waals surface area contributed by atoms with Gasteiger partial charge in [-0.15, -0.1) is 0 Å². The largest absolute Gasteiger partial charge is 0.383 e. The number of aliphatic hydroxyl groups excluding tert-OH is 1. The van der Waals surface area contributed by atoms with Crippen LogP contribution in [0.2, 0.25) is 0 Å². The summed E-state index contributed by atoms with van der Waals surface area (Å²) in [5.74, 6) is -1.07. The second-order valence-corrected chi connectivity index (χ2v) is 4.96. The average Bonchev–Trinajstić information content (AvgIpc) is 2.35. The summed E-state index contributed by atoms with van der Waals surface area (Å²) >= 11 is 3.20. The maximum absolute atomic E-state index is 13.9. The minimum Gasteiger partial charge on any atom is -0.383 e. The Labute approximate surface area is 112 Å². The van der Waals surface area contributed by atoms with Crippen molar-refractivity contribution in [3.63, 3.8) is 0 Å². The molecular formula is C14H11BrF2O. The van der Waals surface area contributed by atoms with Gasteiger partial charge in [0.25, 0.3) is 0 Å². The summed E-state index contributed by atoms with van der Waals surface area (Å²) in [6.45, 7) is 1.60. The molecule has 0 aliphatic rings. The average molecular weight is 313 g/mol.